The Bertz CT molecular complexity index is 500. The van der Waals surface area contributed by atoms with Crippen molar-refractivity contribution < 1.29 is 39.6 Å². The van der Waals surface area contributed by atoms with Gasteiger partial charge in [-0.25, -0.2) is 0 Å². The SMILES string of the molecule is O=C(O)C1CCC(C(=O)O)(C2(C(=O)O)CCC(C(=O)O)CC2)CC1. The Morgan fingerprint density at radius 3 is 1.00 bits per heavy atom. The minimum absolute atomic E-state index is 0.0106. The molecule has 2 rings (SSSR count). The van der Waals surface area contributed by atoms with Crippen LogP contribution in [0.3, 0.4) is 0 Å². The van der Waals surface area contributed by atoms with Crippen LogP contribution >= 0.6 is 0 Å². The van der Waals surface area contributed by atoms with Gasteiger partial charge in [-0.3, -0.25) is 19.2 Å². The summed E-state index contributed by atoms with van der Waals surface area (Å²) in [6.07, 6.45) is 0.454. The summed E-state index contributed by atoms with van der Waals surface area (Å²) in [5.74, 6) is -5.73. The number of hydrogen-bond acceptors (Lipinski definition) is 4. The largest absolute Gasteiger partial charge is 0.481 e. The van der Waals surface area contributed by atoms with Crippen LogP contribution in [0.15, 0.2) is 0 Å². The van der Waals surface area contributed by atoms with Crippen LogP contribution in [0, 0.1) is 22.7 Å². The third-order valence-corrected chi connectivity index (χ3v) is 6.11. The van der Waals surface area contributed by atoms with E-state index in [9.17, 15) is 29.4 Å². The molecule has 8 nitrogen and oxygen atoms in total. The Morgan fingerprint density at radius 1 is 0.583 bits per heavy atom. The molecule has 0 amide bonds. The fourth-order valence-electron chi connectivity index (χ4n) is 4.51. The number of rotatable bonds is 5. The molecule has 4 N–H and O–H groups in total. The van der Waals surface area contributed by atoms with Crippen molar-refractivity contribution in [3.8, 4) is 0 Å². The number of carboxylic acid groups (broad SMARTS) is 4. The Kier molecular flexibility index (Phi) is 4.87. The van der Waals surface area contributed by atoms with Crippen LogP contribution in [0.4, 0.5) is 0 Å². The van der Waals surface area contributed by atoms with Crippen molar-refractivity contribution >= 4 is 23.9 Å². The molecule has 0 radical (unpaired) electrons. The first-order chi connectivity index (χ1) is 11.2. The molecule has 24 heavy (non-hydrogen) atoms. The second-order valence-corrected chi connectivity index (χ2v) is 7.00. The standard InChI is InChI=1S/C16H22O8/c17-11(18)9-1-5-15(6-2-9,13(21)22)16(14(23)24)7-3-10(4-8-16)12(19)20/h9-10H,1-8H2,(H,17,18)(H,19,20)(H,21,22)(H,23,24). The number of carbonyl (C=O) groups is 4. The molecule has 0 atom stereocenters. The molecule has 0 bridgehead atoms. The lowest BCUT2D eigenvalue weighted by atomic mass is 9.50. The quantitative estimate of drug-likeness (QED) is 0.589. The summed E-state index contributed by atoms with van der Waals surface area (Å²) in [6.45, 7) is 0. The maximum absolute atomic E-state index is 12.1. The molecule has 2 aliphatic carbocycles. The van der Waals surface area contributed by atoms with Crippen LogP contribution in [-0.4, -0.2) is 44.3 Å². The molecular weight excluding hydrogens is 320 g/mol. The molecule has 2 saturated carbocycles. The highest BCUT2D eigenvalue weighted by molar-refractivity contribution is 5.87. The van der Waals surface area contributed by atoms with Crippen molar-refractivity contribution in [3.63, 3.8) is 0 Å². The van der Waals surface area contributed by atoms with Gasteiger partial charge in [0, 0.05) is 0 Å². The average molecular weight is 342 g/mol. The number of carboxylic acids is 4. The van der Waals surface area contributed by atoms with E-state index in [1.54, 1.807) is 0 Å². The molecule has 0 aromatic carbocycles. The van der Waals surface area contributed by atoms with E-state index in [0.29, 0.717) is 0 Å². The lowest BCUT2D eigenvalue weighted by Gasteiger charge is -2.50. The van der Waals surface area contributed by atoms with Crippen molar-refractivity contribution in [1.29, 1.82) is 0 Å². The van der Waals surface area contributed by atoms with E-state index in [0.717, 1.165) is 0 Å². The molecule has 134 valence electrons. The van der Waals surface area contributed by atoms with Gasteiger partial charge in [0.15, 0.2) is 0 Å². The monoisotopic (exact) mass is 342 g/mol. The Morgan fingerprint density at radius 2 is 0.833 bits per heavy atom. The third kappa shape index (κ3) is 2.74. The summed E-state index contributed by atoms with van der Waals surface area (Å²) >= 11 is 0. The average Bonchev–Trinajstić information content (AvgIpc) is 2.54. The highest BCUT2D eigenvalue weighted by Gasteiger charge is 2.63. The Balaban J connectivity index is 2.33. The normalized spacial score (nSPS) is 36.7. The van der Waals surface area contributed by atoms with E-state index in [4.69, 9.17) is 10.2 Å². The van der Waals surface area contributed by atoms with E-state index < -0.39 is 46.5 Å². The van der Waals surface area contributed by atoms with Gasteiger partial charge in [-0.15, -0.1) is 0 Å². The Hall–Kier alpha value is -2.12. The number of hydrogen-bond donors (Lipinski definition) is 4. The smallest absolute Gasteiger partial charge is 0.310 e. The van der Waals surface area contributed by atoms with Crippen LogP contribution in [0.2, 0.25) is 0 Å². The molecule has 0 aromatic rings. The van der Waals surface area contributed by atoms with E-state index in [1.165, 1.54) is 0 Å². The first-order valence-corrected chi connectivity index (χ1v) is 8.09. The molecule has 8 heteroatoms. The third-order valence-electron chi connectivity index (χ3n) is 6.11. The summed E-state index contributed by atoms with van der Waals surface area (Å²) < 4.78 is 0. The molecule has 0 unspecified atom stereocenters. The van der Waals surface area contributed by atoms with Crippen molar-refractivity contribution in [2.24, 2.45) is 22.7 Å². The molecule has 0 spiro atoms. The maximum Gasteiger partial charge on any atom is 0.310 e. The van der Waals surface area contributed by atoms with E-state index in [2.05, 4.69) is 0 Å². The summed E-state index contributed by atoms with van der Waals surface area (Å²) in [4.78, 5) is 46.3. The second kappa shape index (κ2) is 6.41. The molecule has 0 aromatic heterocycles. The highest BCUT2D eigenvalue weighted by atomic mass is 16.4. The van der Waals surface area contributed by atoms with Crippen LogP contribution in [0.1, 0.15) is 51.4 Å². The molecular formula is C16H22O8. The van der Waals surface area contributed by atoms with E-state index in [-0.39, 0.29) is 51.4 Å². The van der Waals surface area contributed by atoms with Gasteiger partial charge >= 0.3 is 23.9 Å². The predicted molar refractivity (Wildman–Crippen MR) is 79.3 cm³/mol. The predicted octanol–water partition coefficient (Wildman–Crippen LogP) is 1.68. The fraction of sp³-hybridized carbons (Fsp3) is 0.750. The van der Waals surface area contributed by atoms with Gasteiger partial charge in [0.2, 0.25) is 0 Å². The summed E-state index contributed by atoms with van der Waals surface area (Å²) in [7, 11) is 0. The van der Waals surface area contributed by atoms with Crippen molar-refractivity contribution in [1.82, 2.24) is 0 Å². The number of aliphatic carboxylic acids is 4. The topological polar surface area (TPSA) is 149 Å². The van der Waals surface area contributed by atoms with Crippen LogP contribution in [0.25, 0.3) is 0 Å². The maximum atomic E-state index is 12.1. The van der Waals surface area contributed by atoms with Crippen LogP contribution < -0.4 is 0 Å². The minimum Gasteiger partial charge on any atom is -0.481 e. The lowest BCUT2D eigenvalue weighted by Crippen LogP contribution is -2.56. The van der Waals surface area contributed by atoms with Crippen molar-refractivity contribution in [3.05, 3.63) is 0 Å². The zero-order valence-electron chi connectivity index (χ0n) is 13.2. The van der Waals surface area contributed by atoms with Gasteiger partial charge in [0.1, 0.15) is 0 Å². The van der Waals surface area contributed by atoms with Gasteiger partial charge in [0.25, 0.3) is 0 Å². The van der Waals surface area contributed by atoms with Crippen molar-refractivity contribution in [2.45, 2.75) is 51.4 Å². The van der Waals surface area contributed by atoms with E-state index >= 15 is 0 Å². The molecule has 0 saturated heterocycles. The van der Waals surface area contributed by atoms with Gasteiger partial charge in [-0.2, -0.15) is 0 Å². The summed E-state index contributed by atoms with van der Waals surface area (Å²) in [5.41, 5.74) is -3.07. The molecule has 2 aliphatic rings. The zero-order chi connectivity index (χ0) is 18.1. The molecule has 0 heterocycles. The van der Waals surface area contributed by atoms with Gasteiger partial charge < -0.3 is 20.4 Å². The zero-order valence-corrected chi connectivity index (χ0v) is 13.2. The second-order valence-electron chi connectivity index (χ2n) is 7.00. The van der Waals surface area contributed by atoms with E-state index in [1.807, 2.05) is 0 Å². The van der Waals surface area contributed by atoms with Gasteiger partial charge in [-0.1, -0.05) is 0 Å². The first-order valence-electron chi connectivity index (χ1n) is 8.09. The van der Waals surface area contributed by atoms with Gasteiger partial charge in [-0.05, 0) is 51.4 Å². The fourth-order valence-corrected chi connectivity index (χ4v) is 4.51. The summed E-state index contributed by atoms with van der Waals surface area (Å²) in [5, 5.41) is 37.9. The minimum atomic E-state index is -1.53. The Labute approximate surface area is 138 Å². The first kappa shape index (κ1) is 18.2. The van der Waals surface area contributed by atoms with Crippen LogP contribution in [0.5, 0.6) is 0 Å². The van der Waals surface area contributed by atoms with Crippen LogP contribution in [-0.2, 0) is 19.2 Å². The molecule has 0 aliphatic heterocycles. The van der Waals surface area contributed by atoms with Crippen molar-refractivity contribution in [2.75, 3.05) is 0 Å². The molecule has 2 fully saturated rings. The lowest BCUT2D eigenvalue weighted by molar-refractivity contribution is -0.186. The van der Waals surface area contributed by atoms with Gasteiger partial charge in [0.05, 0.1) is 22.7 Å². The highest BCUT2D eigenvalue weighted by Crippen LogP contribution is 2.58. The summed E-state index contributed by atoms with van der Waals surface area (Å²) in [6, 6.07) is 0.